The van der Waals surface area contributed by atoms with Crippen molar-refractivity contribution in [2.45, 2.75) is 6.92 Å². The number of amides is 2. The van der Waals surface area contributed by atoms with Crippen molar-refractivity contribution in [1.82, 2.24) is 0 Å². The molecule has 0 atom stereocenters. The van der Waals surface area contributed by atoms with E-state index in [1.165, 1.54) is 12.1 Å². The van der Waals surface area contributed by atoms with Gasteiger partial charge in [-0.1, -0.05) is 35.9 Å². The number of anilines is 2. The predicted molar refractivity (Wildman–Crippen MR) is 88.3 cm³/mol. The van der Waals surface area contributed by atoms with Gasteiger partial charge in [0, 0.05) is 11.8 Å². The van der Waals surface area contributed by atoms with E-state index in [9.17, 15) is 14.7 Å². The van der Waals surface area contributed by atoms with E-state index in [1.807, 2.05) is 19.1 Å². The van der Waals surface area contributed by atoms with Crippen LogP contribution >= 0.6 is 11.6 Å². The summed E-state index contributed by atoms with van der Waals surface area (Å²) < 4.78 is 0. The van der Waals surface area contributed by atoms with Gasteiger partial charge in [-0.15, -0.1) is 0 Å². The quantitative estimate of drug-likeness (QED) is 0.849. The number of nitrogens with one attached hydrogen (secondary N) is 1. The van der Waals surface area contributed by atoms with Crippen LogP contribution in [0.3, 0.4) is 0 Å². The zero-order valence-electron chi connectivity index (χ0n) is 12.2. The van der Waals surface area contributed by atoms with Crippen LogP contribution in [0.4, 0.5) is 11.4 Å². The van der Waals surface area contributed by atoms with Gasteiger partial charge in [0.25, 0.3) is 11.8 Å². The number of rotatable bonds is 3. The third-order valence-corrected chi connectivity index (χ3v) is 3.85. The van der Waals surface area contributed by atoms with Gasteiger partial charge in [-0.25, -0.2) is 4.90 Å². The van der Waals surface area contributed by atoms with Gasteiger partial charge in [-0.3, -0.25) is 9.59 Å². The van der Waals surface area contributed by atoms with Crippen molar-refractivity contribution in [3.8, 4) is 5.75 Å². The van der Waals surface area contributed by atoms with Crippen molar-refractivity contribution in [2.75, 3.05) is 10.2 Å². The molecule has 5 nitrogen and oxygen atoms in total. The molecule has 0 radical (unpaired) electrons. The maximum atomic E-state index is 12.6. The Bertz CT molecular complexity index is 845. The summed E-state index contributed by atoms with van der Waals surface area (Å²) in [6.45, 7) is 1.81. The van der Waals surface area contributed by atoms with Gasteiger partial charge < -0.3 is 10.4 Å². The van der Waals surface area contributed by atoms with Crippen molar-refractivity contribution in [3.05, 3.63) is 64.8 Å². The monoisotopic (exact) mass is 328 g/mol. The molecule has 0 fully saturated rings. The molecule has 116 valence electrons. The molecule has 0 saturated heterocycles. The van der Waals surface area contributed by atoms with Crippen LogP contribution in [-0.4, -0.2) is 16.9 Å². The molecule has 1 aliphatic heterocycles. The summed E-state index contributed by atoms with van der Waals surface area (Å²) in [7, 11) is 0. The summed E-state index contributed by atoms with van der Waals surface area (Å²) in [5.41, 5.74) is 1.74. The number of phenolic OH excluding ortho intramolecular Hbond substituents is 1. The van der Waals surface area contributed by atoms with Crippen LogP contribution in [0.25, 0.3) is 0 Å². The standard InChI is InChI=1S/C17H13ClN2O3/c1-10-5-2-3-8-13(10)20-16(22)14(18)15(17(20)23)19-11-6-4-7-12(21)9-11/h2-9,19,21H,1H3. The summed E-state index contributed by atoms with van der Waals surface area (Å²) in [5, 5.41) is 12.1. The Balaban J connectivity index is 1.95. The van der Waals surface area contributed by atoms with Gasteiger partial charge in [-0.2, -0.15) is 0 Å². The summed E-state index contributed by atoms with van der Waals surface area (Å²) >= 11 is 6.05. The highest BCUT2D eigenvalue weighted by Gasteiger charge is 2.39. The highest BCUT2D eigenvalue weighted by Crippen LogP contribution is 2.32. The van der Waals surface area contributed by atoms with Gasteiger partial charge in [-0.05, 0) is 30.7 Å². The minimum Gasteiger partial charge on any atom is -0.508 e. The van der Waals surface area contributed by atoms with Crippen molar-refractivity contribution in [3.63, 3.8) is 0 Å². The smallest absolute Gasteiger partial charge is 0.283 e. The van der Waals surface area contributed by atoms with E-state index >= 15 is 0 Å². The average Bonchev–Trinajstić information content (AvgIpc) is 2.72. The van der Waals surface area contributed by atoms with E-state index in [0.29, 0.717) is 11.4 Å². The lowest BCUT2D eigenvalue weighted by molar-refractivity contribution is -0.120. The predicted octanol–water partition coefficient (Wildman–Crippen LogP) is 3.14. The van der Waals surface area contributed by atoms with Crippen LogP contribution in [0, 0.1) is 6.92 Å². The summed E-state index contributed by atoms with van der Waals surface area (Å²) in [5.74, 6) is -1.06. The van der Waals surface area contributed by atoms with E-state index in [0.717, 1.165) is 10.5 Å². The minimum atomic E-state index is -0.575. The number of para-hydroxylation sites is 1. The lowest BCUT2D eigenvalue weighted by Gasteiger charge is -2.17. The molecule has 2 amide bonds. The number of imide groups is 1. The maximum Gasteiger partial charge on any atom is 0.283 e. The van der Waals surface area contributed by atoms with Gasteiger partial charge in [0.2, 0.25) is 0 Å². The molecule has 0 aromatic heterocycles. The van der Waals surface area contributed by atoms with Crippen molar-refractivity contribution in [2.24, 2.45) is 0 Å². The summed E-state index contributed by atoms with van der Waals surface area (Å²) in [4.78, 5) is 26.0. The fraction of sp³-hybridized carbons (Fsp3) is 0.0588. The number of aromatic hydroxyl groups is 1. The van der Waals surface area contributed by atoms with Crippen LogP contribution in [0.5, 0.6) is 5.75 Å². The normalized spacial score (nSPS) is 14.6. The largest absolute Gasteiger partial charge is 0.508 e. The molecular formula is C17H13ClN2O3. The fourth-order valence-electron chi connectivity index (χ4n) is 2.37. The Kier molecular flexibility index (Phi) is 3.80. The number of phenols is 1. The fourth-order valence-corrected chi connectivity index (χ4v) is 2.59. The maximum absolute atomic E-state index is 12.6. The summed E-state index contributed by atoms with van der Waals surface area (Å²) in [6.07, 6.45) is 0. The first kappa shape index (κ1) is 15.1. The third-order valence-electron chi connectivity index (χ3n) is 3.50. The Morgan fingerprint density at radius 3 is 2.48 bits per heavy atom. The second-order valence-electron chi connectivity index (χ2n) is 5.10. The Labute approximate surface area is 137 Å². The lowest BCUT2D eigenvalue weighted by Crippen LogP contribution is -2.32. The molecule has 2 N–H and O–H groups in total. The Hall–Kier alpha value is -2.79. The number of carbonyl (C=O) groups excluding carboxylic acids is 2. The molecule has 1 heterocycles. The molecular weight excluding hydrogens is 316 g/mol. The first-order valence-electron chi connectivity index (χ1n) is 6.89. The average molecular weight is 329 g/mol. The first-order chi connectivity index (χ1) is 11.0. The summed E-state index contributed by atoms with van der Waals surface area (Å²) in [6, 6.07) is 13.3. The Morgan fingerprint density at radius 2 is 1.78 bits per heavy atom. The molecule has 23 heavy (non-hydrogen) atoms. The molecule has 1 aliphatic rings. The number of hydrogen-bond donors (Lipinski definition) is 2. The van der Waals surface area contributed by atoms with Crippen LogP contribution in [0.15, 0.2) is 59.3 Å². The highest BCUT2D eigenvalue weighted by molar-refractivity contribution is 6.53. The molecule has 0 bridgehead atoms. The number of carbonyl (C=O) groups is 2. The molecule has 0 saturated carbocycles. The van der Waals surface area contributed by atoms with E-state index < -0.39 is 11.8 Å². The van der Waals surface area contributed by atoms with Crippen LogP contribution in [0.1, 0.15) is 5.56 Å². The first-order valence-corrected chi connectivity index (χ1v) is 7.27. The molecule has 6 heteroatoms. The third kappa shape index (κ3) is 2.66. The number of aryl methyl sites for hydroxylation is 1. The second-order valence-corrected chi connectivity index (χ2v) is 5.47. The molecule has 0 aliphatic carbocycles. The molecule has 3 rings (SSSR count). The van der Waals surface area contributed by atoms with Crippen LogP contribution < -0.4 is 10.2 Å². The van der Waals surface area contributed by atoms with Crippen molar-refractivity contribution < 1.29 is 14.7 Å². The van der Waals surface area contributed by atoms with E-state index in [2.05, 4.69) is 5.32 Å². The van der Waals surface area contributed by atoms with Crippen LogP contribution in [-0.2, 0) is 9.59 Å². The molecule has 2 aromatic rings. The number of benzene rings is 2. The van der Waals surface area contributed by atoms with Crippen LogP contribution in [0.2, 0.25) is 0 Å². The Morgan fingerprint density at radius 1 is 1.04 bits per heavy atom. The molecule has 0 spiro atoms. The SMILES string of the molecule is Cc1ccccc1N1C(=O)C(Cl)=C(Nc2cccc(O)c2)C1=O. The highest BCUT2D eigenvalue weighted by atomic mass is 35.5. The zero-order chi connectivity index (χ0) is 16.6. The number of halogens is 1. The van der Waals surface area contributed by atoms with Crippen molar-refractivity contribution in [1.29, 1.82) is 0 Å². The van der Waals surface area contributed by atoms with Crippen molar-refractivity contribution >= 4 is 34.8 Å². The van der Waals surface area contributed by atoms with Gasteiger partial charge in [0.1, 0.15) is 16.5 Å². The van der Waals surface area contributed by atoms with Gasteiger partial charge in [0.05, 0.1) is 5.69 Å². The zero-order valence-corrected chi connectivity index (χ0v) is 13.0. The van der Waals surface area contributed by atoms with E-state index in [4.69, 9.17) is 11.6 Å². The topological polar surface area (TPSA) is 69.6 Å². The van der Waals surface area contributed by atoms with Gasteiger partial charge >= 0.3 is 0 Å². The van der Waals surface area contributed by atoms with E-state index in [-0.39, 0.29) is 16.5 Å². The minimum absolute atomic E-state index is 0.00878. The number of nitrogens with zero attached hydrogens (tertiary/aromatic N) is 1. The number of hydrogen-bond acceptors (Lipinski definition) is 4. The molecule has 0 unspecified atom stereocenters. The van der Waals surface area contributed by atoms with E-state index in [1.54, 1.807) is 24.3 Å². The lowest BCUT2D eigenvalue weighted by atomic mass is 10.2. The molecule has 2 aromatic carbocycles. The second kappa shape index (κ2) is 5.78. The van der Waals surface area contributed by atoms with Gasteiger partial charge in [0.15, 0.2) is 0 Å².